The number of benzene rings is 2. The molecule has 0 heterocycles. The molecule has 0 fully saturated rings. The lowest BCUT2D eigenvalue weighted by Gasteiger charge is -2.11. The Kier molecular flexibility index (Phi) is 4.34. The number of rotatable bonds is 4. The number of nitrogens with two attached hydrogens (primary N) is 1. The molecule has 0 atom stereocenters. The third-order valence-electron chi connectivity index (χ3n) is 3.60. The first-order chi connectivity index (χ1) is 9.83. The largest absolute Gasteiger partial charge is 0.326 e. The Morgan fingerprint density at radius 2 is 1.67 bits per heavy atom. The van der Waals surface area contributed by atoms with Crippen LogP contribution in [-0.4, -0.2) is 8.42 Å². The molecule has 0 aliphatic carbocycles. The molecule has 0 spiro atoms. The van der Waals surface area contributed by atoms with Crippen molar-refractivity contribution >= 4 is 15.7 Å². The fraction of sp³-hybridized carbons (Fsp3) is 0.250. The molecule has 0 bridgehead atoms. The standard InChI is InChI=1S/C16H20N2O2S/c1-11-4-6-15(8-12(11)2)18-21(19,20)16-7-5-14(10-17)13(3)9-16/h4-9,18H,10,17H2,1-3H3. The van der Waals surface area contributed by atoms with Crippen molar-refractivity contribution in [3.63, 3.8) is 0 Å². The Balaban J connectivity index is 2.33. The first-order valence-electron chi connectivity index (χ1n) is 6.73. The average molecular weight is 304 g/mol. The number of hydrogen-bond donors (Lipinski definition) is 2. The van der Waals surface area contributed by atoms with Crippen LogP contribution in [0.3, 0.4) is 0 Å². The Labute approximate surface area is 126 Å². The van der Waals surface area contributed by atoms with Gasteiger partial charge in [0.05, 0.1) is 4.90 Å². The van der Waals surface area contributed by atoms with Crippen molar-refractivity contribution in [3.05, 3.63) is 58.7 Å². The number of aryl methyl sites for hydroxylation is 3. The van der Waals surface area contributed by atoms with E-state index in [0.717, 1.165) is 22.3 Å². The molecule has 21 heavy (non-hydrogen) atoms. The first kappa shape index (κ1) is 15.5. The SMILES string of the molecule is Cc1ccc(NS(=O)(=O)c2ccc(CN)c(C)c2)cc1C. The monoisotopic (exact) mass is 304 g/mol. The minimum atomic E-state index is -3.58. The molecule has 0 saturated heterocycles. The maximum absolute atomic E-state index is 12.4. The third-order valence-corrected chi connectivity index (χ3v) is 4.98. The molecular weight excluding hydrogens is 284 g/mol. The van der Waals surface area contributed by atoms with Gasteiger partial charge >= 0.3 is 0 Å². The molecule has 2 rings (SSSR count). The highest BCUT2D eigenvalue weighted by Crippen LogP contribution is 2.20. The van der Waals surface area contributed by atoms with Gasteiger partial charge in [-0.2, -0.15) is 0 Å². The van der Waals surface area contributed by atoms with Crippen molar-refractivity contribution in [3.8, 4) is 0 Å². The van der Waals surface area contributed by atoms with E-state index in [2.05, 4.69) is 4.72 Å². The van der Waals surface area contributed by atoms with Gasteiger partial charge < -0.3 is 5.73 Å². The lowest BCUT2D eigenvalue weighted by molar-refractivity contribution is 0.601. The molecule has 0 unspecified atom stereocenters. The normalized spacial score (nSPS) is 11.4. The number of hydrogen-bond acceptors (Lipinski definition) is 3. The Morgan fingerprint density at radius 3 is 2.24 bits per heavy atom. The summed E-state index contributed by atoms with van der Waals surface area (Å²) in [4.78, 5) is 0.246. The highest BCUT2D eigenvalue weighted by molar-refractivity contribution is 7.92. The van der Waals surface area contributed by atoms with Gasteiger partial charge in [-0.05, 0) is 67.3 Å². The summed E-state index contributed by atoms with van der Waals surface area (Å²) in [5.74, 6) is 0. The van der Waals surface area contributed by atoms with Crippen LogP contribution in [0.5, 0.6) is 0 Å². The van der Waals surface area contributed by atoms with Gasteiger partial charge in [0.25, 0.3) is 10.0 Å². The molecule has 3 N–H and O–H groups in total. The molecule has 0 saturated carbocycles. The molecule has 5 heteroatoms. The summed E-state index contributed by atoms with van der Waals surface area (Å²) in [5, 5.41) is 0. The van der Waals surface area contributed by atoms with Gasteiger partial charge in [0.2, 0.25) is 0 Å². The zero-order valence-corrected chi connectivity index (χ0v) is 13.3. The second-order valence-corrected chi connectivity index (χ2v) is 6.88. The first-order valence-corrected chi connectivity index (χ1v) is 8.21. The summed E-state index contributed by atoms with van der Waals surface area (Å²) in [5.41, 5.74) is 10.2. The van der Waals surface area contributed by atoms with Crippen LogP contribution in [0.25, 0.3) is 0 Å². The van der Waals surface area contributed by atoms with Crippen molar-refractivity contribution < 1.29 is 8.42 Å². The van der Waals surface area contributed by atoms with Crippen LogP contribution in [-0.2, 0) is 16.6 Å². The van der Waals surface area contributed by atoms with Crippen LogP contribution in [0.15, 0.2) is 41.3 Å². The van der Waals surface area contributed by atoms with E-state index in [1.807, 2.05) is 32.9 Å². The average Bonchev–Trinajstić information content (AvgIpc) is 2.42. The van der Waals surface area contributed by atoms with E-state index >= 15 is 0 Å². The van der Waals surface area contributed by atoms with Crippen LogP contribution in [0.2, 0.25) is 0 Å². The topological polar surface area (TPSA) is 72.2 Å². The maximum Gasteiger partial charge on any atom is 0.261 e. The molecule has 0 amide bonds. The van der Waals surface area contributed by atoms with Gasteiger partial charge in [0.1, 0.15) is 0 Å². The fourth-order valence-corrected chi connectivity index (χ4v) is 3.22. The molecule has 112 valence electrons. The Morgan fingerprint density at radius 1 is 0.952 bits per heavy atom. The van der Waals surface area contributed by atoms with Crippen molar-refractivity contribution in [1.29, 1.82) is 0 Å². The lowest BCUT2D eigenvalue weighted by atomic mass is 10.1. The molecule has 4 nitrogen and oxygen atoms in total. The molecular formula is C16H20N2O2S. The van der Waals surface area contributed by atoms with E-state index in [1.165, 1.54) is 0 Å². The van der Waals surface area contributed by atoms with Crippen LogP contribution >= 0.6 is 0 Å². The van der Waals surface area contributed by atoms with E-state index in [4.69, 9.17) is 5.73 Å². The molecule has 0 aliphatic rings. The van der Waals surface area contributed by atoms with Crippen LogP contribution < -0.4 is 10.5 Å². The van der Waals surface area contributed by atoms with Crippen molar-refractivity contribution in [1.82, 2.24) is 0 Å². The van der Waals surface area contributed by atoms with Crippen molar-refractivity contribution in [2.75, 3.05) is 4.72 Å². The lowest BCUT2D eigenvalue weighted by Crippen LogP contribution is -2.14. The number of anilines is 1. The Bertz CT molecular complexity index is 768. The number of nitrogens with one attached hydrogen (secondary N) is 1. The maximum atomic E-state index is 12.4. The minimum Gasteiger partial charge on any atom is -0.326 e. The summed E-state index contributed by atoms with van der Waals surface area (Å²) in [6.07, 6.45) is 0. The predicted molar refractivity (Wildman–Crippen MR) is 85.8 cm³/mol. The summed E-state index contributed by atoms with van der Waals surface area (Å²) in [6, 6.07) is 10.5. The van der Waals surface area contributed by atoms with Crippen molar-refractivity contribution in [2.24, 2.45) is 5.73 Å². The second-order valence-electron chi connectivity index (χ2n) is 5.20. The zero-order chi connectivity index (χ0) is 15.6. The van der Waals surface area contributed by atoms with Crippen LogP contribution in [0.4, 0.5) is 5.69 Å². The summed E-state index contributed by atoms with van der Waals surface area (Å²) in [6.45, 7) is 6.20. The quantitative estimate of drug-likeness (QED) is 0.912. The minimum absolute atomic E-state index is 0.246. The highest BCUT2D eigenvalue weighted by Gasteiger charge is 2.15. The van der Waals surface area contributed by atoms with Gasteiger partial charge in [-0.15, -0.1) is 0 Å². The smallest absolute Gasteiger partial charge is 0.261 e. The van der Waals surface area contributed by atoms with E-state index in [0.29, 0.717) is 12.2 Å². The predicted octanol–water partition coefficient (Wildman–Crippen LogP) is 2.87. The number of sulfonamides is 1. The summed E-state index contributed by atoms with van der Waals surface area (Å²) >= 11 is 0. The van der Waals surface area contributed by atoms with Gasteiger partial charge in [-0.3, -0.25) is 4.72 Å². The van der Waals surface area contributed by atoms with Crippen LogP contribution in [0.1, 0.15) is 22.3 Å². The van der Waals surface area contributed by atoms with Gasteiger partial charge in [0, 0.05) is 12.2 Å². The molecule has 0 radical (unpaired) electrons. The van der Waals surface area contributed by atoms with Gasteiger partial charge in [-0.1, -0.05) is 12.1 Å². The molecule has 2 aromatic carbocycles. The van der Waals surface area contributed by atoms with Gasteiger partial charge in [0.15, 0.2) is 0 Å². The van der Waals surface area contributed by atoms with E-state index < -0.39 is 10.0 Å². The second kappa shape index (κ2) is 5.87. The Hall–Kier alpha value is -1.85. The van der Waals surface area contributed by atoms with Crippen molar-refractivity contribution in [2.45, 2.75) is 32.2 Å². The highest BCUT2D eigenvalue weighted by atomic mass is 32.2. The fourth-order valence-electron chi connectivity index (χ4n) is 2.08. The molecule has 0 aromatic heterocycles. The van der Waals surface area contributed by atoms with Gasteiger partial charge in [-0.25, -0.2) is 8.42 Å². The molecule has 0 aliphatic heterocycles. The van der Waals surface area contributed by atoms with E-state index in [-0.39, 0.29) is 4.90 Å². The molecule has 2 aromatic rings. The van der Waals surface area contributed by atoms with Crippen LogP contribution in [0, 0.1) is 20.8 Å². The summed E-state index contributed by atoms with van der Waals surface area (Å²) < 4.78 is 27.4. The van der Waals surface area contributed by atoms with E-state index in [9.17, 15) is 8.42 Å². The third kappa shape index (κ3) is 3.43. The van der Waals surface area contributed by atoms with E-state index in [1.54, 1.807) is 24.3 Å². The zero-order valence-electron chi connectivity index (χ0n) is 12.5. The summed E-state index contributed by atoms with van der Waals surface area (Å²) in [7, 11) is -3.58.